The van der Waals surface area contributed by atoms with Crippen LogP contribution in [0.25, 0.3) is 10.6 Å². The number of nitrogens with one attached hydrogen (secondary N) is 1. The Labute approximate surface area is 210 Å². The average Bonchev–Trinajstić information content (AvgIpc) is 3.44. The first kappa shape index (κ1) is 23.9. The minimum absolute atomic E-state index is 0.0673. The average molecular weight is 494 g/mol. The quantitative estimate of drug-likeness (QED) is 0.522. The monoisotopic (exact) mass is 493 g/mol. The maximum absolute atomic E-state index is 13.4. The van der Waals surface area contributed by atoms with Gasteiger partial charge in [0.1, 0.15) is 11.5 Å². The van der Waals surface area contributed by atoms with Crippen LogP contribution >= 0.6 is 11.3 Å². The lowest BCUT2D eigenvalue weighted by molar-refractivity contribution is -0.125. The number of piperidine rings is 2. The number of likely N-dealkylation sites (tertiary alicyclic amines) is 1. The van der Waals surface area contributed by atoms with Crippen molar-refractivity contribution < 1.29 is 9.18 Å². The lowest BCUT2D eigenvalue weighted by atomic mass is 9.94. The lowest BCUT2D eigenvalue weighted by Gasteiger charge is -2.34. The highest BCUT2D eigenvalue weighted by molar-refractivity contribution is 7.13. The van der Waals surface area contributed by atoms with Crippen LogP contribution in [0.4, 0.5) is 10.2 Å². The van der Waals surface area contributed by atoms with Crippen molar-refractivity contribution in [3.05, 3.63) is 65.3 Å². The predicted molar refractivity (Wildman–Crippen MR) is 138 cm³/mol. The fourth-order valence-corrected chi connectivity index (χ4v) is 5.74. The Morgan fingerprint density at radius 3 is 2.51 bits per heavy atom. The highest BCUT2D eigenvalue weighted by Gasteiger charge is 2.27. The number of halogens is 1. The van der Waals surface area contributed by atoms with Crippen LogP contribution in [-0.4, -0.2) is 53.7 Å². The van der Waals surface area contributed by atoms with Crippen LogP contribution in [0.15, 0.2) is 53.9 Å². The van der Waals surface area contributed by atoms with Crippen molar-refractivity contribution in [2.45, 2.75) is 32.2 Å². The number of anilines is 1. The van der Waals surface area contributed by atoms with Crippen molar-refractivity contribution in [2.75, 3.05) is 37.6 Å². The van der Waals surface area contributed by atoms with E-state index < -0.39 is 0 Å². The van der Waals surface area contributed by atoms with Crippen LogP contribution in [0, 0.1) is 17.7 Å². The molecule has 0 unspecified atom stereocenters. The van der Waals surface area contributed by atoms with Gasteiger partial charge in [0.25, 0.3) is 0 Å². The van der Waals surface area contributed by atoms with Gasteiger partial charge in [-0.3, -0.25) is 9.69 Å². The maximum atomic E-state index is 13.4. The Bertz CT molecular complexity index is 1090. The SMILES string of the molecule is O=C(NCC1CCN(Cc2cccc(F)c2)CC1)C1CCN(c2ccc(-c3cccs3)nn2)CC1. The van der Waals surface area contributed by atoms with Gasteiger partial charge in [-0.25, -0.2) is 4.39 Å². The zero-order chi connectivity index (χ0) is 24.0. The summed E-state index contributed by atoms with van der Waals surface area (Å²) in [5, 5.41) is 14.1. The summed E-state index contributed by atoms with van der Waals surface area (Å²) in [7, 11) is 0. The van der Waals surface area contributed by atoms with Gasteiger partial charge in [-0.05, 0) is 86.0 Å². The largest absolute Gasteiger partial charge is 0.356 e. The Morgan fingerprint density at radius 2 is 1.83 bits per heavy atom. The van der Waals surface area contributed by atoms with Crippen LogP contribution in [0.2, 0.25) is 0 Å². The molecule has 4 heterocycles. The van der Waals surface area contributed by atoms with Crippen molar-refractivity contribution in [2.24, 2.45) is 11.8 Å². The molecular formula is C27H32FN5OS. The van der Waals surface area contributed by atoms with Crippen LogP contribution in [0.1, 0.15) is 31.2 Å². The molecule has 0 saturated carbocycles. The van der Waals surface area contributed by atoms with Crippen LogP contribution in [-0.2, 0) is 11.3 Å². The summed E-state index contributed by atoms with van der Waals surface area (Å²) in [5.41, 5.74) is 1.92. The number of hydrogen-bond acceptors (Lipinski definition) is 6. The third-order valence-electron chi connectivity index (χ3n) is 7.18. The van der Waals surface area contributed by atoms with Crippen LogP contribution < -0.4 is 10.2 Å². The molecule has 0 atom stereocenters. The highest BCUT2D eigenvalue weighted by atomic mass is 32.1. The summed E-state index contributed by atoms with van der Waals surface area (Å²) in [6, 6.07) is 15.0. The van der Waals surface area contributed by atoms with Gasteiger partial charge in [0, 0.05) is 32.1 Å². The summed E-state index contributed by atoms with van der Waals surface area (Å²) in [6.45, 7) is 5.16. The minimum Gasteiger partial charge on any atom is -0.356 e. The highest BCUT2D eigenvalue weighted by Crippen LogP contribution is 2.26. The van der Waals surface area contributed by atoms with Crippen molar-refractivity contribution in [3.63, 3.8) is 0 Å². The third-order valence-corrected chi connectivity index (χ3v) is 8.07. The third kappa shape index (κ3) is 6.24. The normalized spacial score (nSPS) is 18.0. The van der Waals surface area contributed by atoms with E-state index in [2.05, 4.69) is 31.4 Å². The molecular weight excluding hydrogens is 461 g/mol. The fourth-order valence-electron chi connectivity index (χ4n) is 5.05. The molecule has 2 aliphatic heterocycles. The Morgan fingerprint density at radius 1 is 1.00 bits per heavy atom. The van der Waals surface area contributed by atoms with Crippen molar-refractivity contribution in [1.29, 1.82) is 0 Å². The second-order valence-corrected chi connectivity index (χ2v) is 10.6. The molecule has 1 aromatic carbocycles. The molecule has 1 N–H and O–H groups in total. The second kappa shape index (κ2) is 11.3. The van der Waals surface area contributed by atoms with Crippen LogP contribution in [0.5, 0.6) is 0 Å². The molecule has 5 rings (SSSR count). The molecule has 0 radical (unpaired) electrons. The van der Waals surface area contributed by atoms with Gasteiger partial charge >= 0.3 is 0 Å². The van der Waals surface area contributed by atoms with Crippen LogP contribution in [0.3, 0.4) is 0 Å². The Balaban J connectivity index is 1.02. The molecule has 0 spiro atoms. The molecule has 2 fully saturated rings. The van der Waals surface area contributed by atoms with E-state index in [-0.39, 0.29) is 17.6 Å². The molecule has 1 amide bonds. The standard InChI is InChI=1S/C27H32FN5OS/c28-23-4-1-3-21(17-23)19-32-12-8-20(9-13-32)18-29-27(34)22-10-14-33(15-11-22)26-7-6-24(30-31-26)25-5-2-16-35-25/h1-7,16-17,20,22H,8-15,18-19H2,(H,29,34). The molecule has 2 aromatic heterocycles. The zero-order valence-electron chi connectivity index (χ0n) is 19.9. The summed E-state index contributed by atoms with van der Waals surface area (Å²) in [6.07, 6.45) is 3.81. The van der Waals surface area contributed by atoms with E-state index in [0.717, 1.165) is 86.9 Å². The molecule has 35 heavy (non-hydrogen) atoms. The molecule has 2 aliphatic rings. The molecule has 0 aliphatic carbocycles. The molecule has 0 bridgehead atoms. The second-order valence-electron chi connectivity index (χ2n) is 9.61. The van der Waals surface area contributed by atoms with E-state index in [9.17, 15) is 9.18 Å². The number of benzene rings is 1. The number of aromatic nitrogens is 2. The zero-order valence-corrected chi connectivity index (χ0v) is 20.7. The van der Waals surface area contributed by atoms with Gasteiger partial charge in [-0.2, -0.15) is 0 Å². The van der Waals surface area contributed by atoms with Gasteiger partial charge in [-0.1, -0.05) is 18.2 Å². The first-order chi connectivity index (χ1) is 17.1. The molecule has 3 aromatic rings. The van der Waals surface area contributed by atoms with E-state index in [0.29, 0.717) is 5.92 Å². The Kier molecular flexibility index (Phi) is 7.69. The number of carbonyl (C=O) groups excluding carboxylic acids is 1. The van der Waals surface area contributed by atoms with Crippen molar-refractivity contribution in [1.82, 2.24) is 20.4 Å². The minimum atomic E-state index is -0.175. The molecule has 184 valence electrons. The van der Waals surface area contributed by atoms with Gasteiger partial charge in [0.05, 0.1) is 4.88 Å². The maximum Gasteiger partial charge on any atom is 0.223 e. The van der Waals surface area contributed by atoms with E-state index in [1.807, 2.05) is 29.6 Å². The number of thiophene rings is 1. The number of hydrogen-bond donors (Lipinski definition) is 1. The number of nitrogens with zero attached hydrogens (tertiary/aromatic N) is 4. The molecule has 8 heteroatoms. The fraction of sp³-hybridized carbons (Fsp3) is 0.444. The summed E-state index contributed by atoms with van der Waals surface area (Å²) in [4.78, 5) is 18.5. The van der Waals surface area contributed by atoms with E-state index in [1.165, 1.54) is 6.07 Å². The first-order valence-electron chi connectivity index (χ1n) is 12.5. The predicted octanol–water partition coefficient (Wildman–Crippen LogP) is 4.59. The lowest BCUT2D eigenvalue weighted by Crippen LogP contribution is -2.43. The first-order valence-corrected chi connectivity index (χ1v) is 13.4. The van der Waals surface area contributed by atoms with Gasteiger partial charge < -0.3 is 10.2 Å². The summed E-state index contributed by atoms with van der Waals surface area (Å²) >= 11 is 1.66. The number of amides is 1. The number of rotatable bonds is 7. The van der Waals surface area contributed by atoms with Gasteiger partial charge in [-0.15, -0.1) is 21.5 Å². The van der Waals surface area contributed by atoms with E-state index in [1.54, 1.807) is 23.5 Å². The van der Waals surface area contributed by atoms with E-state index >= 15 is 0 Å². The summed E-state index contributed by atoms with van der Waals surface area (Å²) < 4.78 is 13.4. The molecule has 2 saturated heterocycles. The number of carbonyl (C=O) groups is 1. The smallest absolute Gasteiger partial charge is 0.223 e. The van der Waals surface area contributed by atoms with Crippen molar-refractivity contribution in [3.8, 4) is 10.6 Å². The van der Waals surface area contributed by atoms with Gasteiger partial charge in [0.2, 0.25) is 5.91 Å². The van der Waals surface area contributed by atoms with Gasteiger partial charge in [0.15, 0.2) is 5.82 Å². The van der Waals surface area contributed by atoms with Crippen molar-refractivity contribution >= 4 is 23.1 Å². The summed E-state index contributed by atoms with van der Waals surface area (Å²) in [5.74, 6) is 1.48. The molecule has 6 nitrogen and oxygen atoms in total. The Hall–Kier alpha value is -2.84. The van der Waals surface area contributed by atoms with E-state index in [4.69, 9.17) is 0 Å². The topological polar surface area (TPSA) is 61.4 Å².